The molecule has 0 saturated heterocycles. The summed E-state index contributed by atoms with van der Waals surface area (Å²) in [5, 5.41) is -0.629. The lowest BCUT2D eigenvalue weighted by Crippen LogP contribution is -1.96. The second-order valence-corrected chi connectivity index (χ2v) is 5.53. The minimum Gasteiger partial charge on any atom is -0.297 e. The Morgan fingerprint density at radius 1 is 1.24 bits per heavy atom. The number of halogens is 1. The van der Waals surface area contributed by atoms with E-state index in [0.717, 1.165) is 17.4 Å². The summed E-state index contributed by atoms with van der Waals surface area (Å²) in [7, 11) is -4.81. The molecule has 7 heteroatoms. The number of carbonyl (C=O) groups excluding carboxylic acids is 1. The molecule has 17 heavy (non-hydrogen) atoms. The van der Waals surface area contributed by atoms with E-state index >= 15 is 0 Å². The number of aromatic nitrogens is 1. The molecule has 0 aromatic carbocycles. The van der Waals surface area contributed by atoms with Crippen molar-refractivity contribution in [3.05, 3.63) is 35.2 Å². The van der Waals surface area contributed by atoms with Gasteiger partial charge >= 0.3 is 10.2 Å². The van der Waals surface area contributed by atoms with Gasteiger partial charge in [-0.3, -0.25) is 4.79 Å². The number of carbonyl (C=O) groups is 1. The van der Waals surface area contributed by atoms with Crippen LogP contribution in [0.3, 0.4) is 0 Å². The summed E-state index contributed by atoms with van der Waals surface area (Å²) in [6.07, 6.45) is 0.684. The number of hydrogen-bond acceptors (Lipinski definition) is 5. The Hall–Kier alpha value is -1.60. The van der Waals surface area contributed by atoms with Gasteiger partial charge in [0.05, 0.1) is 15.4 Å². The standard InChI is InChI=1S/C10H6FNO3S2/c11-17(14,15)10-3-1-2-8(12-10)9-5-4-7(6-13)16-9/h1-6H. The van der Waals surface area contributed by atoms with Crippen LogP contribution < -0.4 is 0 Å². The smallest absolute Gasteiger partial charge is 0.297 e. The Morgan fingerprint density at radius 2 is 2.00 bits per heavy atom. The van der Waals surface area contributed by atoms with Crippen molar-refractivity contribution in [1.29, 1.82) is 0 Å². The Morgan fingerprint density at radius 3 is 2.59 bits per heavy atom. The molecular formula is C10H6FNO3S2. The second-order valence-electron chi connectivity index (χ2n) is 3.12. The van der Waals surface area contributed by atoms with Crippen molar-refractivity contribution < 1.29 is 17.1 Å². The first-order valence-electron chi connectivity index (χ1n) is 4.48. The number of nitrogens with zero attached hydrogens (tertiary/aromatic N) is 1. The molecule has 2 rings (SSSR count). The first kappa shape index (κ1) is 11.9. The maximum atomic E-state index is 12.7. The van der Waals surface area contributed by atoms with Crippen LogP contribution in [0.15, 0.2) is 35.4 Å². The van der Waals surface area contributed by atoms with E-state index in [1.54, 1.807) is 18.2 Å². The van der Waals surface area contributed by atoms with Crippen LogP contribution in [0.1, 0.15) is 9.67 Å². The lowest BCUT2D eigenvalue weighted by molar-refractivity contribution is 0.112. The minimum atomic E-state index is -4.81. The molecule has 2 heterocycles. The molecule has 0 amide bonds. The molecule has 0 unspecified atom stereocenters. The zero-order valence-electron chi connectivity index (χ0n) is 8.33. The predicted molar refractivity (Wildman–Crippen MR) is 61.2 cm³/mol. The first-order chi connectivity index (χ1) is 8.00. The monoisotopic (exact) mass is 271 g/mol. The fraction of sp³-hybridized carbons (Fsp3) is 0. The highest BCUT2D eigenvalue weighted by atomic mass is 32.3. The van der Waals surface area contributed by atoms with Crippen molar-refractivity contribution in [2.75, 3.05) is 0 Å². The predicted octanol–water partition coefficient (Wildman–Crippen LogP) is 2.28. The fourth-order valence-electron chi connectivity index (χ4n) is 1.24. The molecular weight excluding hydrogens is 265 g/mol. The zero-order valence-corrected chi connectivity index (χ0v) is 9.96. The van der Waals surface area contributed by atoms with Crippen LogP contribution in [0.25, 0.3) is 10.6 Å². The van der Waals surface area contributed by atoms with Crippen molar-refractivity contribution in [3.63, 3.8) is 0 Å². The lowest BCUT2D eigenvalue weighted by atomic mass is 10.3. The van der Waals surface area contributed by atoms with Gasteiger partial charge in [-0.05, 0) is 24.3 Å². The van der Waals surface area contributed by atoms with Crippen LogP contribution in [0.5, 0.6) is 0 Å². The van der Waals surface area contributed by atoms with Crippen LogP contribution in [-0.2, 0) is 10.2 Å². The Labute approximate surface area is 101 Å². The van der Waals surface area contributed by atoms with Gasteiger partial charge in [-0.25, -0.2) is 4.98 Å². The Kier molecular flexibility index (Phi) is 3.03. The minimum absolute atomic E-state index is 0.321. The maximum absolute atomic E-state index is 12.7. The Balaban J connectivity index is 2.50. The fourth-order valence-corrected chi connectivity index (χ4v) is 2.48. The largest absolute Gasteiger partial charge is 0.349 e. The van der Waals surface area contributed by atoms with Crippen LogP contribution in [0.2, 0.25) is 0 Å². The number of hydrogen-bond donors (Lipinski definition) is 0. The van der Waals surface area contributed by atoms with Crippen molar-refractivity contribution in [1.82, 2.24) is 4.98 Å². The molecule has 0 bridgehead atoms. The maximum Gasteiger partial charge on any atom is 0.349 e. The van der Waals surface area contributed by atoms with Gasteiger partial charge in [0.15, 0.2) is 11.3 Å². The molecule has 0 atom stereocenters. The summed E-state index contributed by atoms with van der Waals surface area (Å²) in [6, 6.07) is 7.24. The summed E-state index contributed by atoms with van der Waals surface area (Å²) < 4.78 is 34.1. The molecule has 0 N–H and O–H groups in total. The highest BCUT2D eigenvalue weighted by molar-refractivity contribution is 7.86. The SMILES string of the molecule is O=Cc1ccc(-c2cccc(S(=O)(=O)F)n2)s1. The first-order valence-corrected chi connectivity index (χ1v) is 6.68. The van der Waals surface area contributed by atoms with Gasteiger partial charge in [0.2, 0.25) is 0 Å². The average molecular weight is 271 g/mol. The third-order valence-electron chi connectivity index (χ3n) is 1.97. The Bertz CT molecular complexity index is 664. The molecule has 0 saturated carbocycles. The zero-order chi connectivity index (χ0) is 12.5. The summed E-state index contributed by atoms with van der Waals surface area (Å²) in [5.41, 5.74) is 0.321. The third-order valence-corrected chi connectivity index (χ3v) is 3.73. The molecule has 0 radical (unpaired) electrons. The summed E-state index contributed by atoms with van der Waals surface area (Å²) in [4.78, 5) is 15.3. The summed E-state index contributed by atoms with van der Waals surface area (Å²) in [6.45, 7) is 0. The summed E-state index contributed by atoms with van der Waals surface area (Å²) in [5.74, 6) is 0. The van der Waals surface area contributed by atoms with E-state index in [0.29, 0.717) is 21.7 Å². The molecule has 2 aromatic rings. The molecule has 0 aliphatic heterocycles. The number of aldehydes is 1. The van der Waals surface area contributed by atoms with E-state index in [1.807, 2.05) is 0 Å². The van der Waals surface area contributed by atoms with Crippen LogP contribution in [0, 0.1) is 0 Å². The van der Waals surface area contributed by atoms with Gasteiger partial charge in [-0.2, -0.15) is 8.42 Å². The second kappa shape index (κ2) is 4.34. The number of pyridine rings is 1. The van der Waals surface area contributed by atoms with E-state index in [2.05, 4.69) is 4.98 Å². The van der Waals surface area contributed by atoms with Crippen LogP contribution in [0.4, 0.5) is 3.89 Å². The number of thiophene rings is 1. The normalized spacial score (nSPS) is 11.4. The highest BCUT2D eigenvalue weighted by Gasteiger charge is 2.15. The highest BCUT2D eigenvalue weighted by Crippen LogP contribution is 2.26. The quantitative estimate of drug-likeness (QED) is 0.634. The van der Waals surface area contributed by atoms with Gasteiger partial charge in [-0.15, -0.1) is 11.3 Å². The molecule has 4 nitrogen and oxygen atoms in total. The van der Waals surface area contributed by atoms with Crippen molar-refractivity contribution in [2.24, 2.45) is 0 Å². The van der Waals surface area contributed by atoms with E-state index in [4.69, 9.17) is 0 Å². The molecule has 88 valence electrons. The van der Waals surface area contributed by atoms with E-state index < -0.39 is 15.2 Å². The van der Waals surface area contributed by atoms with E-state index in [-0.39, 0.29) is 0 Å². The van der Waals surface area contributed by atoms with Gasteiger partial charge < -0.3 is 0 Å². The van der Waals surface area contributed by atoms with Gasteiger partial charge in [0.1, 0.15) is 0 Å². The van der Waals surface area contributed by atoms with Crippen molar-refractivity contribution in [3.8, 4) is 10.6 Å². The molecule has 0 spiro atoms. The van der Waals surface area contributed by atoms with Crippen molar-refractivity contribution in [2.45, 2.75) is 5.03 Å². The molecule has 0 fully saturated rings. The third kappa shape index (κ3) is 2.56. The average Bonchev–Trinajstić information content (AvgIpc) is 2.76. The van der Waals surface area contributed by atoms with Gasteiger partial charge in [-0.1, -0.05) is 9.95 Å². The topological polar surface area (TPSA) is 64.1 Å². The number of rotatable bonds is 3. The summed E-state index contributed by atoms with van der Waals surface area (Å²) >= 11 is 1.16. The van der Waals surface area contributed by atoms with Crippen LogP contribution in [-0.4, -0.2) is 19.7 Å². The molecule has 0 aliphatic rings. The van der Waals surface area contributed by atoms with E-state index in [9.17, 15) is 17.1 Å². The van der Waals surface area contributed by atoms with Crippen LogP contribution >= 0.6 is 11.3 Å². The van der Waals surface area contributed by atoms with Gasteiger partial charge in [0.25, 0.3) is 0 Å². The molecule has 0 aliphatic carbocycles. The lowest BCUT2D eigenvalue weighted by Gasteiger charge is -1.98. The van der Waals surface area contributed by atoms with E-state index in [1.165, 1.54) is 6.07 Å². The van der Waals surface area contributed by atoms with Gasteiger partial charge in [0, 0.05) is 0 Å². The molecule has 2 aromatic heterocycles. The van der Waals surface area contributed by atoms with Crippen molar-refractivity contribution >= 4 is 27.8 Å².